The van der Waals surface area contributed by atoms with Gasteiger partial charge in [-0.05, 0) is 59.5 Å². The van der Waals surface area contributed by atoms with Crippen LogP contribution in [0.15, 0.2) is 53.0 Å². The van der Waals surface area contributed by atoms with E-state index in [0.717, 1.165) is 6.42 Å². The SMILES string of the molecule is CC(Oc1ccc(Cl)cc1Br)C(=O)N1CCNC(=O)C1CC(=O)OCCCc1ccccc1. The number of carbonyl (C=O) groups is 3. The molecule has 176 valence electrons. The molecule has 0 spiro atoms. The van der Waals surface area contributed by atoms with Crippen LogP contribution in [-0.4, -0.2) is 54.5 Å². The minimum Gasteiger partial charge on any atom is -0.480 e. The first kappa shape index (κ1) is 25.1. The number of carbonyl (C=O) groups excluding carboxylic acids is 3. The van der Waals surface area contributed by atoms with Crippen molar-refractivity contribution in [3.63, 3.8) is 0 Å². The van der Waals surface area contributed by atoms with Gasteiger partial charge < -0.3 is 19.7 Å². The molecular weight excluding hydrogens is 512 g/mol. The van der Waals surface area contributed by atoms with Crippen LogP contribution in [0.1, 0.15) is 25.3 Å². The quantitative estimate of drug-likeness (QED) is 0.389. The van der Waals surface area contributed by atoms with Gasteiger partial charge in [0, 0.05) is 18.1 Å². The largest absolute Gasteiger partial charge is 0.480 e. The molecule has 2 aromatic carbocycles. The summed E-state index contributed by atoms with van der Waals surface area (Å²) < 4.78 is 11.7. The smallest absolute Gasteiger partial charge is 0.308 e. The molecular formula is C24H26BrClN2O5. The number of benzene rings is 2. The van der Waals surface area contributed by atoms with E-state index in [-0.39, 0.29) is 31.4 Å². The van der Waals surface area contributed by atoms with Crippen molar-refractivity contribution in [2.75, 3.05) is 19.7 Å². The van der Waals surface area contributed by atoms with E-state index in [4.69, 9.17) is 21.1 Å². The molecule has 0 aliphatic carbocycles. The lowest BCUT2D eigenvalue weighted by molar-refractivity contribution is -0.154. The van der Waals surface area contributed by atoms with Crippen LogP contribution in [0.5, 0.6) is 5.75 Å². The van der Waals surface area contributed by atoms with Gasteiger partial charge in [-0.3, -0.25) is 14.4 Å². The second-order valence-corrected chi connectivity index (χ2v) is 8.98. The van der Waals surface area contributed by atoms with Gasteiger partial charge >= 0.3 is 5.97 Å². The molecule has 1 aliphatic heterocycles. The van der Waals surface area contributed by atoms with E-state index < -0.39 is 18.1 Å². The Balaban J connectivity index is 1.54. The Hall–Kier alpha value is -2.58. The number of hydrogen-bond acceptors (Lipinski definition) is 5. The number of esters is 1. The zero-order valence-electron chi connectivity index (χ0n) is 18.3. The average Bonchev–Trinajstić information content (AvgIpc) is 2.80. The highest BCUT2D eigenvalue weighted by atomic mass is 79.9. The Morgan fingerprint density at radius 1 is 1.24 bits per heavy atom. The van der Waals surface area contributed by atoms with Crippen molar-refractivity contribution in [3.8, 4) is 5.75 Å². The Kier molecular flexibility index (Phi) is 9.14. The first-order valence-electron chi connectivity index (χ1n) is 10.7. The first-order chi connectivity index (χ1) is 15.8. The Morgan fingerprint density at radius 2 is 2.00 bits per heavy atom. The molecule has 0 saturated carbocycles. The number of halogens is 2. The van der Waals surface area contributed by atoms with Crippen LogP contribution in [0.25, 0.3) is 0 Å². The summed E-state index contributed by atoms with van der Waals surface area (Å²) in [5.41, 5.74) is 1.17. The number of amides is 2. The van der Waals surface area contributed by atoms with Crippen molar-refractivity contribution in [3.05, 3.63) is 63.6 Å². The van der Waals surface area contributed by atoms with Crippen molar-refractivity contribution in [1.29, 1.82) is 0 Å². The van der Waals surface area contributed by atoms with Gasteiger partial charge in [-0.25, -0.2) is 0 Å². The van der Waals surface area contributed by atoms with Gasteiger partial charge in [0.2, 0.25) is 5.91 Å². The van der Waals surface area contributed by atoms with Gasteiger partial charge in [0.1, 0.15) is 11.8 Å². The predicted octanol–water partition coefficient (Wildman–Crippen LogP) is 3.76. The lowest BCUT2D eigenvalue weighted by Gasteiger charge is -2.36. The molecule has 1 aliphatic rings. The minimum absolute atomic E-state index is 0.208. The minimum atomic E-state index is -0.937. The molecule has 2 amide bonds. The van der Waals surface area contributed by atoms with Crippen LogP contribution in [0.3, 0.4) is 0 Å². The second-order valence-electron chi connectivity index (χ2n) is 7.69. The summed E-state index contributed by atoms with van der Waals surface area (Å²) >= 11 is 9.31. The van der Waals surface area contributed by atoms with Crippen LogP contribution in [-0.2, 0) is 25.5 Å². The standard InChI is InChI=1S/C24H26BrClN2O5/c1-16(33-21-10-9-18(26)14-19(21)25)24(31)28-12-11-27-23(30)20(28)15-22(29)32-13-5-8-17-6-3-2-4-7-17/h2-4,6-7,9-10,14,16,20H,5,8,11-13,15H2,1H3,(H,27,30). The monoisotopic (exact) mass is 536 g/mol. The van der Waals surface area contributed by atoms with E-state index in [9.17, 15) is 14.4 Å². The average molecular weight is 538 g/mol. The zero-order chi connectivity index (χ0) is 23.8. The molecule has 1 saturated heterocycles. The molecule has 1 fully saturated rings. The maximum absolute atomic E-state index is 13.1. The van der Waals surface area contributed by atoms with Gasteiger partial charge in [-0.15, -0.1) is 0 Å². The fourth-order valence-corrected chi connectivity index (χ4v) is 4.33. The highest BCUT2D eigenvalue weighted by Gasteiger charge is 2.37. The summed E-state index contributed by atoms with van der Waals surface area (Å²) in [6.45, 7) is 2.45. The molecule has 7 nitrogen and oxygen atoms in total. The fraction of sp³-hybridized carbons (Fsp3) is 0.375. The van der Waals surface area contributed by atoms with Crippen molar-refractivity contribution in [2.45, 2.75) is 38.3 Å². The van der Waals surface area contributed by atoms with E-state index in [2.05, 4.69) is 21.2 Å². The Bertz CT molecular complexity index is 988. The number of aryl methyl sites for hydroxylation is 1. The summed E-state index contributed by atoms with van der Waals surface area (Å²) in [5, 5.41) is 3.24. The van der Waals surface area contributed by atoms with Gasteiger partial charge in [0.05, 0.1) is 17.5 Å². The van der Waals surface area contributed by atoms with E-state index >= 15 is 0 Å². The Morgan fingerprint density at radius 3 is 2.73 bits per heavy atom. The molecule has 3 rings (SSSR count). The third kappa shape index (κ3) is 7.20. The molecule has 0 bridgehead atoms. The maximum Gasteiger partial charge on any atom is 0.308 e. The number of piperazine rings is 1. The molecule has 33 heavy (non-hydrogen) atoms. The fourth-order valence-electron chi connectivity index (χ4n) is 3.55. The van der Waals surface area contributed by atoms with Crippen LogP contribution in [0, 0.1) is 0 Å². The Labute approximate surface area is 206 Å². The van der Waals surface area contributed by atoms with E-state index in [1.54, 1.807) is 25.1 Å². The van der Waals surface area contributed by atoms with E-state index in [0.29, 0.717) is 28.2 Å². The summed E-state index contributed by atoms with van der Waals surface area (Å²) in [6, 6.07) is 14.0. The molecule has 0 aromatic heterocycles. The number of nitrogens with one attached hydrogen (secondary N) is 1. The van der Waals surface area contributed by atoms with Crippen LogP contribution in [0.4, 0.5) is 0 Å². The summed E-state index contributed by atoms with van der Waals surface area (Å²) in [7, 11) is 0. The molecule has 0 radical (unpaired) electrons. The van der Waals surface area contributed by atoms with Crippen molar-refractivity contribution < 1.29 is 23.9 Å². The third-order valence-corrected chi connectivity index (χ3v) is 6.09. The normalized spacial score (nSPS) is 16.6. The van der Waals surface area contributed by atoms with Crippen LogP contribution >= 0.6 is 27.5 Å². The van der Waals surface area contributed by atoms with Gasteiger partial charge in [0.15, 0.2) is 6.10 Å². The number of hydrogen-bond donors (Lipinski definition) is 1. The van der Waals surface area contributed by atoms with E-state index in [1.807, 2.05) is 30.3 Å². The maximum atomic E-state index is 13.1. The van der Waals surface area contributed by atoms with Crippen molar-refractivity contribution >= 4 is 45.3 Å². The predicted molar refractivity (Wildman–Crippen MR) is 128 cm³/mol. The van der Waals surface area contributed by atoms with Crippen molar-refractivity contribution in [2.24, 2.45) is 0 Å². The zero-order valence-corrected chi connectivity index (χ0v) is 20.6. The molecule has 1 heterocycles. The highest BCUT2D eigenvalue weighted by Crippen LogP contribution is 2.29. The second kappa shape index (κ2) is 12.0. The molecule has 9 heteroatoms. The lowest BCUT2D eigenvalue weighted by atomic mass is 10.1. The lowest BCUT2D eigenvalue weighted by Crippen LogP contribution is -2.60. The topological polar surface area (TPSA) is 84.9 Å². The number of rotatable bonds is 9. The first-order valence-corrected chi connectivity index (χ1v) is 11.9. The summed E-state index contributed by atoms with van der Waals surface area (Å²) in [4.78, 5) is 39.3. The summed E-state index contributed by atoms with van der Waals surface area (Å²) in [5.74, 6) is -0.822. The summed E-state index contributed by atoms with van der Waals surface area (Å²) in [6.07, 6.45) is 0.395. The third-order valence-electron chi connectivity index (χ3n) is 5.24. The molecule has 1 N–H and O–H groups in total. The van der Waals surface area contributed by atoms with Crippen LogP contribution in [0.2, 0.25) is 5.02 Å². The molecule has 2 aromatic rings. The van der Waals surface area contributed by atoms with Gasteiger partial charge in [-0.2, -0.15) is 0 Å². The highest BCUT2D eigenvalue weighted by molar-refractivity contribution is 9.10. The van der Waals surface area contributed by atoms with Gasteiger partial charge in [0.25, 0.3) is 5.91 Å². The number of ether oxygens (including phenoxy) is 2. The number of nitrogens with zero attached hydrogens (tertiary/aromatic N) is 1. The molecule has 2 unspecified atom stereocenters. The van der Waals surface area contributed by atoms with Crippen molar-refractivity contribution in [1.82, 2.24) is 10.2 Å². The van der Waals surface area contributed by atoms with Gasteiger partial charge in [-0.1, -0.05) is 41.9 Å². The van der Waals surface area contributed by atoms with E-state index in [1.165, 1.54) is 10.5 Å². The molecule has 2 atom stereocenters. The van der Waals surface area contributed by atoms with Crippen LogP contribution < -0.4 is 10.1 Å².